The van der Waals surface area contributed by atoms with Crippen LogP contribution in [0.1, 0.15) is 18.4 Å². The van der Waals surface area contributed by atoms with Gasteiger partial charge in [0, 0.05) is 25.2 Å². The molecule has 0 unspecified atom stereocenters. The van der Waals surface area contributed by atoms with Gasteiger partial charge in [0.05, 0.1) is 17.9 Å². The van der Waals surface area contributed by atoms with Gasteiger partial charge in [0.25, 0.3) is 0 Å². The summed E-state index contributed by atoms with van der Waals surface area (Å²) < 4.78 is 24.9. The summed E-state index contributed by atoms with van der Waals surface area (Å²) in [5.41, 5.74) is 0.979. The van der Waals surface area contributed by atoms with Crippen LogP contribution in [0, 0.1) is 11.3 Å². The Bertz CT molecular complexity index is 696. The average Bonchev–Trinajstić information content (AvgIpc) is 2.49. The molecule has 0 saturated heterocycles. The maximum atomic E-state index is 12.0. The Balaban J connectivity index is 2.56. The van der Waals surface area contributed by atoms with E-state index >= 15 is 0 Å². The van der Waals surface area contributed by atoms with E-state index in [-0.39, 0.29) is 18.9 Å². The molecule has 1 amide bonds. The van der Waals surface area contributed by atoms with E-state index < -0.39 is 10.0 Å². The Labute approximate surface area is 143 Å². The lowest BCUT2D eigenvalue weighted by Crippen LogP contribution is -2.35. The second-order valence-electron chi connectivity index (χ2n) is 5.81. The standard InChI is InChI=1S/C16H24N4O3S/c1-19(2)9-5-10-20(24(3,22)23)11-8-16(21)18-15-7-4-6-14(12-15)13-17/h4,6-7,12H,5,8-11H2,1-3H3,(H,18,21). The quantitative estimate of drug-likeness (QED) is 0.718. The molecule has 1 aromatic carbocycles. The lowest BCUT2D eigenvalue weighted by atomic mass is 10.2. The van der Waals surface area contributed by atoms with Gasteiger partial charge in [0.2, 0.25) is 15.9 Å². The van der Waals surface area contributed by atoms with Crippen molar-refractivity contribution < 1.29 is 13.2 Å². The van der Waals surface area contributed by atoms with Gasteiger partial charge in [-0.15, -0.1) is 0 Å². The highest BCUT2D eigenvalue weighted by Gasteiger charge is 2.17. The maximum Gasteiger partial charge on any atom is 0.225 e. The summed E-state index contributed by atoms with van der Waals surface area (Å²) in [5.74, 6) is -0.286. The third-order valence-electron chi connectivity index (χ3n) is 3.35. The van der Waals surface area contributed by atoms with Crippen LogP contribution in [0.3, 0.4) is 0 Å². The molecular weight excluding hydrogens is 328 g/mol. The highest BCUT2D eigenvalue weighted by atomic mass is 32.2. The molecule has 1 N–H and O–H groups in total. The summed E-state index contributed by atoms with van der Waals surface area (Å²) in [5, 5.41) is 11.5. The first kappa shape index (κ1) is 20.1. The number of sulfonamides is 1. The fraction of sp³-hybridized carbons (Fsp3) is 0.500. The van der Waals surface area contributed by atoms with Crippen LogP contribution in [0.2, 0.25) is 0 Å². The number of hydrogen-bond acceptors (Lipinski definition) is 5. The molecule has 0 heterocycles. The number of rotatable bonds is 9. The average molecular weight is 352 g/mol. The molecule has 0 fully saturated rings. The van der Waals surface area contributed by atoms with Crippen LogP contribution < -0.4 is 5.32 Å². The van der Waals surface area contributed by atoms with E-state index in [4.69, 9.17) is 5.26 Å². The lowest BCUT2D eigenvalue weighted by molar-refractivity contribution is -0.116. The second kappa shape index (κ2) is 9.37. The predicted molar refractivity (Wildman–Crippen MR) is 94.0 cm³/mol. The minimum Gasteiger partial charge on any atom is -0.326 e. The summed E-state index contributed by atoms with van der Waals surface area (Å²) in [7, 11) is 0.498. The number of nitrogens with zero attached hydrogens (tertiary/aromatic N) is 3. The monoisotopic (exact) mass is 352 g/mol. The first-order valence-electron chi connectivity index (χ1n) is 7.62. The second-order valence-corrected chi connectivity index (χ2v) is 7.79. The summed E-state index contributed by atoms with van der Waals surface area (Å²) in [6, 6.07) is 8.58. The molecule has 24 heavy (non-hydrogen) atoms. The number of hydrogen-bond donors (Lipinski definition) is 1. The molecule has 8 heteroatoms. The summed E-state index contributed by atoms with van der Waals surface area (Å²) in [4.78, 5) is 14.0. The Morgan fingerprint density at radius 3 is 2.54 bits per heavy atom. The van der Waals surface area contributed by atoms with Gasteiger partial charge in [-0.05, 0) is 45.3 Å². The molecule has 7 nitrogen and oxygen atoms in total. The minimum absolute atomic E-state index is 0.0613. The van der Waals surface area contributed by atoms with Crippen molar-refractivity contribution >= 4 is 21.6 Å². The van der Waals surface area contributed by atoms with Crippen molar-refractivity contribution in [3.63, 3.8) is 0 Å². The van der Waals surface area contributed by atoms with E-state index in [2.05, 4.69) is 5.32 Å². The molecule has 0 atom stereocenters. The predicted octanol–water partition coefficient (Wildman–Crippen LogP) is 1.10. The van der Waals surface area contributed by atoms with Gasteiger partial charge >= 0.3 is 0 Å². The molecule has 1 aromatic rings. The van der Waals surface area contributed by atoms with E-state index in [1.165, 1.54) is 4.31 Å². The highest BCUT2D eigenvalue weighted by molar-refractivity contribution is 7.88. The van der Waals surface area contributed by atoms with Crippen LogP contribution in [-0.4, -0.2) is 63.5 Å². The maximum absolute atomic E-state index is 12.0. The lowest BCUT2D eigenvalue weighted by Gasteiger charge is -2.20. The van der Waals surface area contributed by atoms with Crippen LogP contribution in [0.15, 0.2) is 24.3 Å². The zero-order valence-electron chi connectivity index (χ0n) is 14.3. The summed E-state index contributed by atoms with van der Waals surface area (Å²) in [6.07, 6.45) is 1.91. The minimum atomic E-state index is -3.35. The van der Waals surface area contributed by atoms with Crippen molar-refractivity contribution in [3.05, 3.63) is 29.8 Å². The molecule has 132 valence electrons. The van der Waals surface area contributed by atoms with Crippen molar-refractivity contribution in [1.82, 2.24) is 9.21 Å². The Morgan fingerprint density at radius 2 is 1.96 bits per heavy atom. The molecule has 0 aliphatic rings. The van der Waals surface area contributed by atoms with Gasteiger partial charge in [-0.25, -0.2) is 12.7 Å². The smallest absolute Gasteiger partial charge is 0.225 e. The number of carbonyl (C=O) groups excluding carboxylic acids is 1. The normalized spacial score (nSPS) is 11.5. The molecule has 1 rings (SSSR count). The zero-order valence-corrected chi connectivity index (χ0v) is 15.1. The number of anilines is 1. The number of benzene rings is 1. The van der Waals surface area contributed by atoms with Gasteiger partial charge in [0.1, 0.15) is 0 Å². The molecule has 0 saturated carbocycles. The number of nitrogens with one attached hydrogen (secondary N) is 1. The van der Waals surface area contributed by atoms with Crippen LogP contribution in [0.5, 0.6) is 0 Å². The number of carbonyl (C=O) groups is 1. The van der Waals surface area contributed by atoms with Gasteiger partial charge < -0.3 is 10.2 Å². The topological polar surface area (TPSA) is 93.5 Å². The van der Waals surface area contributed by atoms with Crippen LogP contribution >= 0.6 is 0 Å². The van der Waals surface area contributed by atoms with Crippen molar-refractivity contribution in [1.29, 1.82) is 5.26 Å². The number of nitriles is 1. The molecule has 0 radical (unpaired) electrons. The van der Waals surface area contributed by atoms with Gasteiger partial charge in [-0.1, -0.05) is 6.07 Å². The van der Waals surface area contributed by atoms with Crippen LogP contribution in [0.4, 0.5) is 5.69 Å². The van der Waals surface area contributed by atoms with Crippen molar-refractivity contribution in [3.8, 4) is 6.07 Å². The van der Waals surface area contributed by atoms with Crippen LogP contribution in [-0.2, 0) is 14.8 Å². The Hall–Kier alpha value is -1.95. The fourth-order valence-corrected chi connectivity index (χ4v) is 3.01. The van der Waals surface area contributed by atoms with E-state index in [0.29, 0.717) is 24.2 Å². The third kappa shape index (κ3) is 7.55. The van der Waals surface area contributed by atoms with E-state index in [9.17, 15) is 13.2 Å². The summed E-state index contributed by atoms with van der Waals surface area (Å²) in [6.45, 7) is 1.30. The molecule has 0 aliphatic carbocycles. The van der Waals surface area contributed by atoms with Gasteiger partial charge in [-0.3, -0.25) is 4.79 Å². The largest absolute Gasteiger partial charge is 0.326 e. The molecule has 0 spiro atoms. The zero-order chi connectivity index (χ0) is 18.2. The highest BCUT2D eigenvalue weighted by Crippen LogP contribution is 2.10. The van der Waals surface area contributed by atoms with Crippen molar-refractivity contribution in [2.24, 2.45) is 0 Å². The van der Waals surface area contributed by atoms with Crippen LogP contribution in [0.25, 0.3) is 0 Å². The third-order valence-corrected chi connectivity index (χ3v) is 4.65. The van der Waals surface area contributed by atoms with Gasteiger partial charge in [0.15, 0.2) is 0 Å². The molecule has 0 aromatic heterocycles. The Morgan fingerprint density at radius 1 is 1.25 bits per heavy atom. The molecular formula is C16H24N4O3S. The van der Waals surface area contributed by atoms with E-state index in [1.54, 1.807) is 24.3 Å². The van der Waals surface area contributed by atoms with E-state index in [1.807, 2.05) is 25.1 Å². The first-order valence-corrected chi connectivity index (χ1v) is 9.47. The fourth-order valence-electron chi connectivity index (χ4n) is 2.12. The van der Waals surface area contributed by atoms with Gasteiger partial charge in [-0.2, -0.15) is 5.26 Å². The first-order chi connectivity index (χ1) is 11.2. The summed E-state index contributed by atoms with van der Waals surface area (Å²) >= 11 is 0. The van der Waals surface area contributed by atoms with Crippen molar-refractivity contribution in [2.75, 3.05) is 45.3 Å². The molecule has 0 aliphatic heterocycles. The molecule has 0 bridgehead atoms. The number of amides is 1. The van der Waals surface area contributed by atoms with E-state index in [0.717, 1.165) is 12.8 Å². The Kier molecular flexibility index (Phi) is 7.85. The SMILES string of the molecule is CN(C)CCCN(CCC(=O)Nc1cccc(C#N)c1)S(C)(=O)=O. The van der Waals surface area contributed by atoms with Crippen molar-refractivity contribution in [2.45, 2.75) is 12.8 Å².